The van der Waals surface area contributed by atoms with Crippen molar-refractivity contribution < 1.29 is 31.5 Å². The Hall–Kier alpha value is -1.41. The second kappa shape index (κ2) is 5.49. The Labute approximate surface area is 103 Å². The first-order valence-corrected chi connectivity index (χ1v) is 4.78. The van der Waals surface area contributed by atoms with Gasteiger partial charge >= 0.3 is 5.97 Å². The van der Waals surface area contributed by atoms with E-state index in [1.165, 1.54) is 0 Å². The van der Waals surface area contributed by atoms with Crippen LogP contribution < -0.4 is 9.57 Å². The van der Waals surface area contributed by atoms with E-state index in [1.54, 1.807) is 0 Å². The van der Waals surface area contributed by atoms with Crippen LogP contribution in [0.25, 0.3) is 0 Å². The largest absolute Gasteiger partial charge is 0.419 e. The van der Waals surface area contributed by atoms with Crippen LogP contribution in [0.1, 0.15) is 6.92 Å². The fraction of sp³-hybridized carbons (Fsp3) is 0.222. The van der Waals surface area contributed by atoms with Crippen LogP contribution in [0.5, 0.6) is 5.75 Å². The van der Waals surface area contributed by atoms with E-state index in [1.807, 2.05) is 4.84 Å². The zero-order valence-electron chi connectivity index (χ0n) is 8.66. The van der Waals surface area contributed by atoms with E-state index in [0.29, 0.717) is 0 Å². The van der Waals surface area contributed by atoms with E-state index < -0.39 is 46.8 Å². The zero-order valence-corrected chi connectivity index (χ0v) is 9.42. The van der Waals surface area contributed by atoms with Gasteiger partial charge in [-0.2, -0.15) is 8.78 Å². The lowest BCUT2D eigenvalue weighted by Crippen LogP contribution is -2.32. The van der Waals surface area contributed by atoms with Gasteiger partial charge < -0.3 is 4.74 Å². The van der Waals surface area contributed by atoms with Crippen molar-refractivity contribution in [2.75, 3.05) is 0 Å². The van der Waals surface area contributed by atoms with Crippen molar-refractivity contribution >= 4 is 17.7 Å². The van der Waals surface area contributed by atoms with Crippen molar-refractivity contribution in [2.24, 2.45) is 0 Å². The molecule has 0 spiro atoms. The molecule has 1 N–H and O–H groups in total. The molecule has 0 aromatic heterocycles. The van der Waals surface area contributed by atoms with Gasteiger partial charge in [0.1, 0.15) is 6.04 Å². The average Bonchev–Trinajstić information content (AvgIpc) is 2.37. The maximum Gasteiger partial charge on any atom is 0.329 e. The van der Waals surface area contributed by atoms with Crippen molar-refractivity contribution in [3.63, 3.8) is 0 Å². The molecular weight excluding hydrogens is 285 g/mol. The summed E-state index contributed by atoms with van der Waals surface area (Å²) in [6, 6.07) is -1.21. The average molecular weight is 290 g/mol. The Morgan fingerprint density at radius 3 is 1.83 bits per heavy atom. The number of carbonyl (C=O) groups excluding carboxylic acids is 1. The van der Waals surface area contributed by atoms with Gasteiger partial charge in [0.2, 0.25) is 34.8 Å². The number of esters is 1. The lowest BCUT2D eigenvalue weighted by molar-refractivity contribution is -0.136. The summed E-state index contributed by atoms with van der Waals surface area (Å²) in [5, 5.41) is 0. The Morgan fingerprint density at radius 1 is 1.06 bits per heavy atom. The van der Waals surface area contributed by atoms with E-state index >= 15 is 0 Å². The minimum Gasteiger partial charge on any atom is -0.419 e. The summed E-state index contributed by atoms with van der Waals surface area (Å²) in [7, 11) is 0. The minimum absolute atomic E-state index is 1.15. The van der Waals surface area contributed by atoms with Crippen molar-refractivity contribution in [3.8, 4) is 5.75 Å². The summed E-state index contributed by atoms with van der Waals surface area (Å²) in [6.07, 6.45) is 0. The molecule has 1 rings (SSSR count). The summed E-state index contributed by atoms with van der Waals surface area (Å²) < 4.78 is 68.4. The number of carbonyl (C=O) groups is 1. The molecule has 0 bridgehead atoms. The fourth-order valence-electron chi connectivity index (χ4n) is 0.908. The van der Waals surface area contributed by atoms with Crippen molar-refractivity contribution in [2.45, 2.75) is 13.0 Å². The maximum absolute atomic E-state index is 13.1. The molecule has 18 heavy (non-hydrogen) atoms. The molecule has 1 aromatic rings. The first-order chi connectivity index (χ1) is 8.31. The fourth-order valence-corrected chi connectivity index (χ4v) is 0.997. The van der Waals surface area contributed by atoms with Gasteiger partial charge in [-0.3, -0.25) is 0 Å². The molecule has 9 heteroatoms. The SMILES string of the molecule is C[C@H](NCl)C(=O)Oc1c(F)c(F)c(F)c(F)c1F. The minimum atomic E-state index is -2.34. The van der Waals surface area contributed by atoms with E-state index in [0.717, 1.165) is 6.92 Å². The Morgan fingerprint density at radius 2 is 1.44 bits per heavy atom. The van der Waals surface area contributed by atoms with Gasteiger partial charge in [0.05, 0.1) is 0 Å². The molecule has 0 saturated carbocycles. The Bertz CT molecular complexity index is 467. The predicted octanol–water partition coefficient (Wildman–Crippen LogP) is 2.42. The monoisotopic (exact) mass is 289 g/mol. The highest BCUT2D eigenvalue weighted by atomic mass is 35.5. The number of nitrogens with one attached hydrogen (secondary N) is 1. The number of rotatable bonds is 3. The molecule has 0 saturated heterocycles. The molecule has 1 atom stereocenters. The third-order valence-corrected chi connectivity index (χ3v) is 2.22. The van der Waals surface area contributed by atoms with E-state index in [-0.39, 0.29) is 0 Å². The third kappa shape index (κ3) is 2.54. The smallest absolute Gasteiger partial charge is 0.329 e. The van der Waals surface area contributed by atoms with Crippen LogP contribution in [0.15, 0.2) is 0 Å². The van der Waals surface area contributed by atoms with Crippen LogP contribution in [-0.2, 0) is 4.79 Å². The van der Waals surface area contributed by atoms with E-state index in [4.69, 9.17) is 11.8 Å². The molecule has 0 heterocycles. The summed E-state index contributed by atoms with van der Waals surface area (Å²) in [4.78, 5) is 13.0. The maximum atomic E-state index is 13.1. The summed E-state index contributed by atoms with van der Waals surface area (Å²) in [5.41, 5.74) is 0. The molecule has 0 radical (unpaired) electrons. The van der Waals surface area contributed by atoms with Gasteiger partial charge in [0.15, 0.2) is 0 Å². The van der Waals surface area contributed by atoms with Crippen molar-refractivity contribution in [1.82, 2.24) is 4.84 Å². The summed E-state index contributed by atoms with van der Waals surface area (Å²) >= 11 is 5.03. The lowest BCUT2D eigenvalue weighted by Gasteiger charge is -2.11. The number of hydrogen-bond acceptors (Lipinski definition) is 3. The van der Waals surface area contributed by atoms with Crippen LogP contribution >= 0.6 is 11.8 Å². The highest BCUT2D eigenvalue weighted by molar-refractivity contribution is 6.14. The summed E-state index contributed by atoms with van der Waals surface area (Å²) in [5.74, 6) is -14.2. The van der Waals surface area contributed by atoms with Crippen LogP contribution in [0.3, 0.4) is 0 Å². The first kappa shape index (κ1) is 14.7. The zero-order chi connectivity index (χ0) is 14.0. The normalized spacial score (nSPS) is 12.4. The predicted molar refractivity (Wildman–Crippen MR) is 50.3 cm³/mol. The second-order valence-electron chi connectivity index (χ2n) is 3.15. The molecule has 0 aliphatic heterocycles. The van der Waals surface area contributed by atoms with Gasteiger partial charge in [0.25, 0.3) is 0 Å². The van der Waals surface area contributed by atoms with Crippen LogP contribution in [0, 0.1) is 29.1 Å². The van der Waals surface area contributed by atoms with Crippen LogP contribution in [0.4, 0.5) is 22.0 Å². The highest BCUT2D eigenvalue weighted by Crippen LogP contribution is 2.29. The molecule has 0 aliphatic rings. The number of benzene rings is 1. The lowest BCUT2D eigenvalue weighted by atomic mass is 10.2. The standard InChI is InChI=1S/C9H5ClF5NO2/c1-2(16-10)9(17)18-8-6(14)4(12)3(11)5(13)7(8)15/h2,16H,1H3/t2-/m0/s1. The number of halogens is 6. The van der Waals surface area contributed by atoms with Crippen molar-refractivity contribution in [1.29, 1.82) is 0 Å². The first-order valence-electron chi connectivity index (χ1n) is 4.40. The molecule has 1 aromatic carbocycles. The van der Waals surface area contributed by atoms with E-state index in [9.17, 15) is 26.7 Å². The van der Waals surface area contributed by atoms with Crippen LogP contribution in [-0.4, -0.2) is 12.0 Å². The number of hydrogen-bond donors (Lipinski definition) is 1. The molecule has 0 fully saturated rings. The van der Waals surface area contributed by atoms with Gasteiger partial charge in [-0.1, -0.05) is 0 Å². The number of ether oxygens (including phenoxy) is 1. The third-order valence-electron chi connectivity index (χ3n) is 1.89. The molecule has 0 aliphatic carbocycles. The Balaban J connectivity index is 3.22. The highest BCUT2D eigenvalue weighted by Gasteiger charge is 2.29. The van der Waals surface area contributed by atoms with Gasteiger partial charge in [-0.05, 0) is 18.7 Å². The second-order valence-corrected chi connectivity index (χ2v) is 3.37. The molecule has 0 unspecified atom stereocenters. The quantitative estimate of drug-likeness (QED) is 0.232. The summed E-state index contributed by atoms with van der Waals surface area (Å²) in [6.45, 7) is 1.15. The molecular formula is C9H5ClF5NO2. The Kier molecular flexibility index (Phi) is 4.47. The van der Waals surface area contributed by atoms with Crippen LogP contribution in [0.2, 0.25) is 0 Å². The van der Waals surface area contributed by atoms with E-state index in [2.05, 4.69) is 4.74 Å². The van der Waals surface area contributed by atoms with Gasteiger partial charge in [0, 0.05) is 0 Å². The topological polar surface area (TPSA) is 38.3 Å². The van der Waals surface area contributed by atoms with Gasteiger partial charge in [-0.25, -0.2) is 22.8 Å². The molecule has 0 amide bonds. The molecule has 100 valence electrons. The molecule has 3 nitrogen and oxygen atoms in total. The van der Waals surface area contributed by atoms with Crippen molar-refractivity contribution in [3.05, 3.63) is 29.1 Å². The van der Waals surface area contributed by atoms with Gasteiger partial charge in [-0.15, -0.1) is 0 Å².